The Balaban J connectivity index is 1.86. The van der Waals surface area contributed by atoms with E-state index in [2.05, 4.69) is 20.9 Å². The zero-order valence-electron chi connectivity index (χ0n) is 13.5. The predicted molar refractivity (Wildman–Crippen MR) is 91.0 cm³/mol. The molecule has 1 fully saturated rings. The smallest absolute Gasteiger partial charge is 0.221 e. The largest absolute Gasteiger partial charge is 0.354 e. The van der Waals surface area contributed by atoms with E-state index < -0.39 is 0 Å². The average molecular weight is 302 g/mol. The average Bonchev–Trinajstić information content (AvgIpc) is 2.52. The fourth-order valence-corrected chi connectivity index (χ4v) is 2.78. The minimum Gasteiger partial charge on any atom is -0.354 e. The van der Waals surface area contributed by atoms with Gasteiger partial charge in [-0.25, -0.2) is 0 Å². The number of aliphatic imine (C=N–C) groups is 1. The lowest BCUT2D eigenvalue weighted by Crippen LogP contribution is -2.43. The Morgan fingerprint density at radius 3 is 2.73 bits per heavy atom. The number of carbonyl (C=O) groups is 1. The van der Waals surface area contributed by atoms with E-state index in [-0.39, 0.29) is 5.91 Å². The van der Waals surface area contributed by atoms with Gasteiger partial charge in [-0.05, 0) is 30.5 Å². The summed E-state index contributed by atoms with van der Waals surface area (Å²) < 4.78 is 0. The van der Waals surface area contributed by atoms with Crippen molar-refractivity contribution in [2.24, 2.45) is 4.99 Å². The van der Waals surface area contributed by atoms with Gasteiger partial charge in [-0.1, -0.05) is 31.4 Å². The second-order valence-electron chi connectivity index (χ2n) is 5.79. The highest BCUT2D eigenvalue weighted by Gasteiger charge is 2.14. The number of anilines is 1. The van der Waals surface area contributed by atoms with E-state index in [1.807, 2.05) is 24.3 Å². The lowest BCUT2D eigenvalue weighted by atomic mass is 9.96. The monoisotopic (exact) mass is 302 g/mol. The number of hydrogen-bond donors (Lipinski definition) is 3. The number of nitrogens with zero attached hydrogens (tertiary/aromatic N) is 1. The summed E-state index contributed by atoms with van der Waals surface area (Å²) in [6, 6.07) is 8.37. The number of guanidine groups is 1. The predicted octanol–water partition coefficient (Wildman–Crippen LogP) is 2.64. The summed E-state index contributed by atoms with van der Waals surface area (Å²) in [4.78, 5) is 15.4. The molecule has 1 aliphatic carbocycles. The van der Waals surface area contributed by atoms with Crippen molar-refractivity contribution in [3.8, 4) is 0 Å². The molecule has 0 heterocycles. The summed E-state index contributed by atoms with van der Waals surface area (Å²) in [5.74, 6) is 0.789. The van der Waals surface area contributed by atoms with Crippen LogP contribution < -0.4 is 16.0 Å². The highest BCUT2D eigenvalue weighted by molar-refractivity contribution is 5.88. The molecule has 1 aromatic rings. The van der Waals surface area contributed by atoms with Crippen molar-refractivity contribution in [2.75, 3.05) is 12.4 Å². The molecule has 5 heteroatoms. The lowest BCUT2D eigenvalue weighted by molar-refractivity contribution is -0.114. The van der Waals surface area contributed by atoms with Crippen molar-refractivity contribution < 1.29 is 4.79 Å². The van der Waals surface area contributed by atoms with Crippen molar-refractivity contribution in [3.63, 3.8) is 0 Å². The van der Waals surface area contributed by atoms with Crippen LogP contribution >= 0.6 is 0 Å². The molecule has 1 aromatic carbocycles. The van der Waals surface area contributed by atoms with Crippen molar-refractivity contribution in [1.82, 2.24) is 10.6 Å². The highest BCUT2D eigenvalue weighted by atomic mass is 16.1. The summed E-state index contributed by atoms with van der Waals surface area (Å²) in [5, 5.41) is 9.63. The molecule has 5 nitrogen and oxygen atoms in total. The molecule has 1 saturated carbocycles. The van der Waals surface area contributed by atoms with Crippen molar-refractivity contribution in [3.05, 3.63) is 29.8 Å². The van der Waals surface area contributed by atoms with Crippen LogP contribution in [0.3, 0.4) is 0 Å². The number of hydrogen-bond acceptors (Lipinski definition) is 2. The Morgan fingerprint density at radius 2 is 2.05 bits per heavy atom. The van der Waals surface area contributed by atoms with Crippen LogP contribution in [0.25, 0.3) is 0 Å². The van der Waals surface area contributed by atoms with E-state index in [1.165, 1.54) is 39.0 Å². The molecular weight excluding hydrogens is 276 g/mol. The van der Waals surface area contributed by atoms with Crippen LogP contribution in [-0.4, -0.2) is 25.0 Å². The summed E-state index contributed by atoms with van der Waals surface area (Å²) in [6.07, 6.45) is 6.39. The van der Waals surface area contributed by atoms with E-state index >= 15 is 0 Å². The van der Waals surface area contributed by atoms with Crippen molar-refractivity contribution >= 4 is 17.6 Å². The van der Waals surface area contributed by atoms with Crippen LogP contribution in [0.15, 0.2) is 29.3 Å². The number of rotatable bonds is 4. The Bertz CT molecular complexity index is 521. The lowest BCUT2D eigenvalue weighted by Gasteiger charge is -2.24. The van der Waals surface area contributed by atoms with Gasteiger partial charge in [0.1, 0.15) is 0 Å². The minimum absolute atomic E-state index is 0.0557. The third-order valence-corrected chi connectivity index (χ3v) is 3.88. The SMILES string of the molecule is CN=C(NCc1cccc(NC(C)=O)c1)NC1CCCCC1. The third kappa shape index (κ3) is 5.39. The first-order chi connectivity index (χ1) is 10.7. The van der Waals surface area contributed by atoms with Gasteiger partial charge in [-0.3, -0.25) is 9.79 Å². The molecule has 0 saturated heterocycles. The Kier molecular flexibility index (Phi) is 6.25. The standard InChI is InChI=1S/C17H26N4O/c1-13(22)20-16-10-6-7-14(11-16)12-19-17(18-2)21-15-8-4-3-5-9-15/h6-7,10-11,15H,3-5,8-9,12H2,1-2H3,(H,20,22)(H2,18,19,21). The van der Waals surface area contributed by atoms with Gasteiger partial charge in [-0.15, -0.1) is 0 Å². The molecule has 22 heavy (non-hydrogen) atoms. The normalized spacial score (nSPS) is 16.2. The first kappa shape index (κ1) is 16.3. The second kappa shape index (κ2) is 8.41. The molecule has 0 aliphatic heterocycles. The van der Waals surface area contributed by atoms with Gasteiger partial charge >= 0.3 is 0 Å². The van der Waals surface area contributed by atoms with E-state index in [0.717, 1.165) is 17.2 Å². The molecule has 0 spiro atoms. The summed E-state index contributed by atoms with van der Waals surface area (Å²) in [6.45, 7) is 2.20. The van der Waals surface area contributed by atoms with E-state index in [9.17, 15) is 4.79 Å². The topological polar surface area (TPSA) is 65.5 Å². The maximum absolute atomic E-state index is 11.1. The van der Waals surface area contributed by atoms with Crippen LogP contribution in [-0.2, 0) is 11.3 Å². The van der Waals surface area contributed by atoms with Crippen LogP contribution in [0.2, 0.25) is 0 Å². The molecule has 0 radical (unpaired) electrons. The maximum Gasteiger partial charge on any atom is 0.221 e. The molecule has 0 aromatic heterocycles. The number of amides is 1. The Hall–Kier alpha value is -2.04. The van der Waals surface area contributed by atoms with Gasteiger partial charge in [0.25, 0.3) is 0 Å². The summed E-state index contributed by atoms with van der Waals surface area (Å²) in [7, 11) is 1.80. The fourth-order valence-electron chi connectivity index (χ4n) is 2.78. The molecule has 0 unspecified atom stereocenters. The molecule has 0 atom stereocenters. The Labute approximate surface area is 132 Å². The number of nitrogens with one attached hydrogen (secondary N) is 3. The van der Waals surface area contributed by atoms with E-state index in [4.69, 9.17) is 0 Å². The summed E-state index contributed by atoms with van der Waals surface area (Å²) in [5.41, 5.74) is 1.93. The first-order valence-corrected chi connectivity index (χ1v) is 8.01. The zero-order valence-corrected chi connectivity index (χ0v) is 13.5. The minimum atomic E-state index is -0.0557. The maximum atomic E-state index is 11.1. The van der Waals surface area contributed by atoms with E-state index in [1.54, 1.807) is 7.05 Å². The van der Waals surface area contributed by atoms with Gasteiger partial charge in [0.15, 0.2) is 5.96 Å². The van der Waals surface area contributed by atoms with Crippen LogP contribution in [0.5, 0.6) is 0 Å². The van der Waals surface area contributed by atoms with Gasteiger partial charge in [-0.2, -0.15) is 0 Å². The molecule has 1 aliphatic rings. The molecule has 2 rings (SSSR count). The van der Waals surface area contributed by atoms with Crippen molar-refractivity contribution in [1.29, 1.82) is 0 Å². The summed E-state index contributed by atoms with van der Waals surface area (Å²) >= 11 is 0. The van der Waals surface area contributed by atoms with Gasteiger partial charge in [0.2, 0.25) is 5.91 Å². The number of benzene rings is 1. The van der Waals surface area contributed by atoms with Crippen LogP contribution in [0, 0.1) is 0 Å². The zero-order chi connectivity index (χ0) is 15.8. The van der Waals surface area contributed by atoms with Crippen LogP contribution in [0.1, 0.15) is 44.6 Å². The number of carbonyl (C=O) groups excluding carboxylic acids is 1. The first-order valence-electron chi connectivity index (χ1n) is 8.01. The third-order valence-electron chi connectivity index (χ3n) is 3.88. The Morgan fingerprint density at radius 1 is 1.27 bits per heavy atom. The second-order valence-corrected chi connectivity index (χ2v) is 5.79. The van der Waals surface area contributed by atoms with Crippen molar-refractivity contribution in [2.45, 2.75) is 51.6 Å². The van der Waals surface area contributed by atoms with Crippen LogP contribution in [0.4, 0.5) is 5.69 Å². The van der Waals surface area contributed by atoms with Gasteiger partial charge in [0.05, 0.1) is 0 Å². The van der Waals surface area contributed by atoms with E-state index in [0.29, 0.717) is 12.6 Å². The molecular formula is C17H26N4O. The molecule has 120 valence electrons. The quantitative estimate of drug-likeness (QED) is 0.592. The van der Waals surface area contributed by atoms with Gasteiger partial charge < -0.3 is 16.0 Å². The molecule has 3 N–H and O–H groups in total. The molecule has 1 amide bonds. The molecule has 0 bridgehead atoms. The fraction of sp³-hybridized carbons (Fsp3) is 0.529. The van der Waals surface area contributed by atoms with Gasteiger partial charge in [0, 0.05) is 32.2 Å². The highest BCUT2D eigenvalue weighted by Crippen LogP contribution is 2.17.